The maximum atomic E-state index is 11.2. The summed E-state index contributed by atoms with van der Waals surface area (Å²) in [6.45, 7) is 2.45. The Morgan fingerprint density at radius 1 is 1.00 bits per heavy atom. The van der Waals surface area contributed by atoms with Crippen LogP contribution in [0.3, 0.4) is 0 Å². The first kappa shape index (κ1) is 15.0. The Kier molecular flexibility index (Phi) is 8.61. The second kappa shape index (κ2) is 9.21. The molecule has 0 aliphatic carbocycles. The van der Waals surface area contributed by atoms with Crippen LogP contribution in [0.25, 0.3) is 0 Å². The summed E-state index contributed by atoms with van der Waals surface area (Å²) in [5.41, 5.74) is 0. The summed E-state index contributed by atoms with van der Waals surface area (Å²) in [5, 5.41) is 5.14. The van der Waals surface area contributed by atoms with E-state index in [-0.39, 0.29) is 29.8 Å². The number of nitrogens with one attached hydrogen (secondary N) is 2. The summed E-state index contributed by atoms with van der Waals surface area (Å²) >= 11 is 3.78. The van der Waals surface area contributed by atoms with E-state index >= 15 is 0 Å². The summed E-state index contributed by atoms with van der Waals surface area (Å²) < 4.78 is 0. The van der Waals surface area contributed by atoms with Crippen LogP contribution in [0, 0.1) is 0 Å². The molecular formula is C10H18N2O3S. The van der Waals surface area contributed by atoms with Crippen LogP contribution in [0.5, 0.6) is 0 Å². The maximum Gasteiger partial charge on any atom is 0.229 e. The molecule has 0 aromatic carbocycles. The highest BCUT2D eigenvalue weighted by atomic mass is 32.1. The highest BCUT2D eigenvalue weighted by Crippen LogP contribution is 1.87. The number of thiol groups is 1. The van der Waals surface area contributed by atoms with E-state index in [0.29, 0.717) is 25.9 Å². The molecule has 0 rings (SSSR count). The molecule has 0 spiro atoms. The number of hydrogen-bond acceptors (Lipinski definition) is 4. The van der Waals surface area contributed by atoms with Gasteiger partial charge in [0.25, 0.3) is 0 Å². The van der Waals surface area contributed by atoms with Crippen LogP contribution in [0.4, 0.5) is 0 Å². The number of rotatable bonds is 8. The summed E-state index contributed by atoms with van der Waals surface area (Å²) in [6.07, 6.45) is 1.08. The molecule has 16 heavy (non-hydrogen) atoms. The SMILES string of the molecule is CCC(=O)CCNC(=O)CCNC(=O)CS. The first-order valence-corrected chi connectivity index (χ1v) is 5.89. The third kappa shape index (κ3) is 8.28. The van der Waals surface area contributed by atoms with Crippen molar-refractivity contribution in [3.05, 3.63) is 0 Å². The van der Waals surface area contributed by atoms with Gasteiger partial charge in [-0.15, -0.1) is 0 Å². The molecule has 0 saturated carbocycles. The molecule has 0 atom stereocenters. The minimum Gasteiger partial charge on any atom is -0.356 e. The van der Waals surface area contributed by atoms with Crippen LogP contribution in [0.1, 0.15) is 26.2 Å². The van der Waals surface area contributed by atoms with Gasteiger partial charge in [0.15, 0.2) is 0 Å². The van der Waals surface area contributed by atoms with E-state index in [0.717, 1.165) is 0 Å². The number of carbonyl (C=O) groups is 3. The Labute approximate surface area is 101 Å². The number of hydrogen-bond donors (Lipinski definition) is 3. The lowest BCUT2D eigenvalue weighted by Crippen LogP contribution is -2.32. The average molecular weight is 246 g/mol. The molecule has 0 aliphatic rings. The van der Waals surface area contributed by atoms with Crippen molar-refractivity contribution in [2.75, 3.05) is 18.8 Å². The van der Waals surface area contributed by atoms with E-state index in [2.05, 4.69) is 23.3 Å². The molecule has 0 unspecified atom stereocenters. The standard InChI is InChI=1S/C10H18N2O3S/c1-2-8(13)3-5-11-9(14)4-6-12-10(15)7-16/h16H,2-7H2,1H3,(H,11,14)(H,12,15). The molecule has 2 N–H and O–H groups in total. The van der Waals surface area contributed by atoms with Crippen molar-refractivity contribution in [1.29, 1.82) is 0 Å². The molecular weight excluding hydrogens is 228 g/mol. The van der Waals surface area contributed by atoms with Gasteiger partial charge in [-0.1, -0.05) is 6.92 Å². The smallest absolute Gasteiger partial charge is 0.229 e. The molecule has 0 heterocycles. The predicted molar refractivity (Wildman–Crippen MR) is 64.4 cm³/mol. The summed E-state index contributed by atoms with van der Waals surface area (Å²) in [7, 11) is 0. The number of ketones is 1. The minimum absolute atomic E-state index is 0.118. The fourth-order valence-electron chi connectivity index (χ4n) is 0.978. The Morgan fingerprint density at radius 3 is 2.12 bits per heavy atom. The third-order valence-corrected chi connectivity index (χ3v) is 2.23. The highest BCUT2D eigenvalue weighted by Gasteiger charge is 2.03. The molecule has 0 bridgehead atoms. The summed E-state index contributed by atoms with van der Waals surface area (Å²) in [4.78, 5) is 32.9. The first-order chi connectivity index (χ1) is 7.60. The lowest BCUT2D eigenvalue weighted by molar-refractivity contribution is -0.121. The van der Waals surface area contributed by atoms with Crippen LogP contribution in [-0.4, -0.2) is 36.4 Å². The molecule has 5 nitrogen and oxygen atoms in total. The van der Waals surface area contributed by atoms with E-state index in [1.807, 2.05) is 0 Å². The number of carbonyl (C=O) groups excluding carboxylic acids is 3. The second-order valence-electron chi connectivity index (χ2n) is 3.25. The van der Waals surface area contributed by atoms with Gasteiger partial charge in [0.05, 0.1) is 5.75 Å². The van der Waals surface area contributed by atoms with Gasteiger partial charge in [-0.25, -0.2) is 0 Å². The zero-order chi connectivity index (χ0) is 12.4. The van der Waals surface area contributed by atoms with Crippen molar-refractivity contribution >= 4 is 30.2 Å². The van der Waals surface area contributed by atoms with Gasteiger partial charge in [-0.05, 0) is 0 Å². The molecule has 0 fully saturated rings. The third-order valence-electron chi connectivity index (χ3n) is 1.94. The molecule has 0 radical (unpaired) electrons. The predicted octanol–water partition coefficient (Wildman–Crippen LogP) is -0.0921. The van der Waals surface area contributed by atoms with Crippen LogP contribution < -0.4 is 10.6 Å². The number of amides is 2. The van der Waals surface area contributed by atoms with E-state index in [1.165, 1.54) is 0 Å². The Morgan fingerprint density at radius 2 is 1.56 bits per heavy atom. The zero-order valence-electron chi connectivity index (χ0n) is 9.41. The van der Waals surface area contributed by atoms with Crippen LogP contribution in [0.2, 0.25) is 0 Å². The second-order valence-corrected chi connectivity index (χ2v) is 3.57. The normalized spacial score (nSPS) is 9.62. The fraction of sp³-hybridized carbons (Fsp3) is 0.700. The van der Waals surface area contributed by atoms with E-state index < -0.39 is 0 Å². The van der Waals surface area contributed by atoms with Gasteiger partial charge in [-0.2, -0.15) is 12.6 Å². The molecule has 92 valence electrons. The van der Waals surface area contributed by atoms with E-state index in [1.54, 1.807) is 6.92 Å². The Balaban J connectivity index is 3.45. The van der Waals surface area contributed by atoms with Gasteiger partial charge >= 0.3 is 0 Å². The fourth-order valence-corrected chi connectivity index (χ4v) is 1.09. The highest BCUT2D eigenvalue weighted by molar-refractivity contribution is 7.81. The monoisotopic (exact) mass is 246 g/mol. The molecule has 0 aromatic heterocycles. The van der Waals surface area contributed by atoms with Crippen LogP contribution in [-0.2, 0) is 14.4 Å². The lowest BCUT2D eigenvalue weighted by Gasteiger charge is -2.05. The van der Waals surface area contributed by atoms with Gasteiger partial charge in [0.2, 0.25) is 11.8 Å². The lowest BCUT2D eigenvalue weighted by atomic mass is 10.2. The average Bonchev–Trinajstić information content (AvgIpc) is 2.28. The Bertz CT molecular complexity index is 232. The van der Waals surface area contributed by atoms with Crippen molar-refractivity contribution in [1.82, 2.24) is 10.6 Å². The number of Topliss-reactive ketones (excluding diaryl/α,β-unsaturated/α-hetero) is 1. The van der Waals surface area contributed by atoms with Crippen LogP contribution in [0.15, 0.2) is 0 Å². The van der Waals surface area contributed by atoms with E-state index in [4.69, 9.17) is 0 Å². The zero-order valence-corrected chi connectivity index (χ0v) is 10.3. The molecule has 6 heteroatoms. The quantitative estimate of drug-likeness (QED) is 0.524. The van der Waals surface area contributed by atoms with Gasteiger partial charge < -0.3 is 10.6 Å². The first-order valence-electron chi connectivity index (χ1n) is 5.26. The topological polar surface area (TPSA) is 75.3 Å². The summed E-state index contributed by atoms with van der Waals surface area (Å²) in [5.74, 6) is -0.114. The molecule has 0 aromatic rings. The van der Waals surface area contributed by atoms with Gasteiger partial charge in [0, 0.05) is 32.4 Å². The van der Waals surface area contributed by atoms with Crippen molar-refractivity contribution in [3.8, 4) is 0 Å². The van der Waals surface area contributed by atoms with Crippen molar-refractivity contribution in [2.24, 2.45) is 0 Å². The van der Waals surface area contributed by atoms with E-state index in [9.17, 15) is 14.4 Å². The Hall–Kier alpha value is -1.04. The van der Waals surface area contributed by atoms with Crippen LogP contribution >= 0.6 is 12.6 Å². The molecule has 2 amide bonds. The van der Waals surface area contributed by atoms with Crippen molar-refractivity contribution < 1.29 is 14.4 Å². The molecule has 0 saturated heterocycles. The minimum atomic E-state index is -0.197. The van der Waals surface area contributed by atoms with Gasteiger partial charge in [-0.3, -0.25) is 14.4 Å². The van der Waals surface area contributed by atoms with Crippen molar-refractivity contribution in [2.45, 2.75) is 26.2 Å². The van der Waals surface area contributed by atoms with Gasteiger partial charge in [0.1, 0.15) is 5.78 Å². The maximum absolute atomic E-state index is 11.2. The summed E-state index contributed by atoms with van der Waals surface area (Å²) in [6, 6.07) is 0. The largest absolute Gasteiger partial charge is 0.356 e. The van der Waals surface area contributed by atoms with Crippen molar-refractivity contribution in [3.63, 3.8) is 0 Å². The molecule has 0 aliphatic heterocycles.